The summed E-state index contributed by atoms with van der Waals surface area (Å²) in [6.07, 6.45) is 14.9. The summed E-state index contributed by atoms with van der Waals surface area (Å²) < 4.78 is 46.7. The topological polar surface area (TPSA) is 44.4 Å². The molecular weight excluding hydrogens is 1310 g/mol. The minimum atomic E-state index is -2.63. The molecule has 0 aliphatic carbocycles. The van der Waals surface area contributed by atoms with E-state index < -0.39 is 12.8 Å². The number of methoxy groups -OCH3 is 1. The lowest BCUT2D eigenvalue weighted by atomic mass is 9.96. The van der Waals surface area contributed by atoms with Crippen LogP contribution in [-0.4, -0.2) is 220 Å². The van der Waals surface area contributed by atoms with Crippen molar-refractivity contribution in [3.05, 3.63) is 0 Å². The van der Waals surface area contributed by atoms with Crippen molar-refractivity contribution in [3.63, 3.8) is 0 Å². The number of rotatable bonds is 23. The first kappa shape index (κ1) is 102. The van der Waals surface area contributed by atoms with Crippen molar-refractivity contribution in [2.75, 3.05) is 53.0 Å². The Balaban J connectivity index is 0.000000601. The van der Waals surface area contributed by atoms with Crippen molar-refractivity contribution >= 4 is 0 Å². The van der Waals surface area contributed by atoms with E-state index in [1.54, 1.807) is 0 Å². The summed E-state index contributed by atoms with van der Waals surface area (Å²) in [6.45, 7) is 91.4. The molecule has 0 aromatic heterocycles. The second kappa shape index (κ2) is 50.6. The van der Waals surface area contributed by atoms with Gasteiger partial charge < -0.3 is 9.47 Å². The molecule has 8 rings (SSSR count). The summed E-state index contributed by atoms with van der Waals surface area (Å²) in [6, 6.07) is 13.5. The molecule has 0 saturated carbocycles. The Morgan fingerprint density at radius 3 is 0.962 bits per heavy atom. The molecular formula is C92H189F3N8O2. The van der Waals surface area contributed by atoms with Crippen molar-refractivity contribution in [3.8, 4) is 0 Å². The zero-order valence-corrected chi connectivity index (χ0v) is 77.6. The average Bonchev–Trinajstić information content (AvgIpc) is 1.68. The first-order valence-electron chi connectivity index (χ1n) is 44.8. The van der Waals surface area contributed by atoms with Gasteiger partial charge in [-0.05, 0) is 272 Å². The molecule has 8 aliphatic heterocycles. The van der Waals surface area contributed by atoms with Gasteiger partial charge in [-0.1, -0.05) is 145 Å². The van der Waals surface area contributed by atoms with Crippen LogP contribution in [-0.2, 0) is 9.47 Å². The number of halogens is 3. The normalized spacial score (nSPS) is 31.3. The molecule has 13 heteroatoms. The fraction of sp³-hybridized carbons (Fsp3) is 1.00. The Labute approximate surface area is 656 Å². The Hall–Kier alpha value is -0.610. The predicted molar refractivity (Wildman–Crippen MR) is 456 cm³/mol. The van der Waals surface area contributed by atoms with E-state index >= 15 is 0 Å². The maximum absolute atomic E-state index is 13.1. The highest BCUT2D eigenvalue weighted by molar-refractivity contribution is 4.96. The highest BCUT2D eigenvalue weighted by Gasteiger charge is 2.42. The van der Waals surface area contributed by atoms with Crippen molar-refractivity contribution in [1.29, 1.82) is 0 Å². The van der Waals surface area contributed by atoms with Gasteiger partial charge in [0.15, 0.2) is 0 Å². The third kappa shape index (κ3) is 33.8. The molecule has 0 spiro atoms. The maximum Gasteiger partial charge on any atom is 0.345 e. The van der Waals surface area contributed by atoms with E-state index in [-0.39, 0.29) is 12.5 Å². The summed E-state index contributed by atoms with van der Waals surface area (Å²) in [5.41, 5.74) is 0. The van der Waals surface area contributed by atoms with Gasteiger partial charge in [-0.3, -0.25) is 39.2 Å². The molecule has 0 amide bonds. The number of nitrogens with zero attached hydrogens (tertiary/aromatic N) is 8. The average molecular weight is 1500 g/mol. The van der Waals surface area contributed by atoms with Crippen molar-refractivity contribution in [1.82, 2.24) is 39.2 Å². The molecule has 630 valence electrons. The van der Waals surface area contributed by atoms with Gasteiger partial charge in [-0.15, -0.1) is 0 Å². The van der Waals surface area contributed by atoms with Crippen LogP contribution in [0, 0.1) is 76.9 Å². The summed E-state index contributed by atoms with van der Waals surface area (Å²) in [5.74, 6) is 9.71. The van der Waals surface area contributed by atoms with Crippen molar-refractivity contribution < 1.29 is 22.6 Å². The molecule has 9 unspecified atom stereocenters. The standard InChI is InChI=1S/C12H23F2NO.C12H25NO.3C12H25N.2C11H23N.C10H20FN/c1-8(2)11-5-10(7-16-12(13)14)6-15(11)9(3)4;1-9(2)12-6-11(8-14-5)7-13(12)10(3)4;1-8(2)12-7-10(5)11(6)13(12)9(3)4;1-6-11-7-12(9(2)3)13(8-11)10(4)5;1-6-11-7-8-12(9(2)3)13(11)10(4)5;1-8(2)11-6-10(5)7-12(11)9(3)4;1-8(2)11-7-6-10(5)12(11)9(3)4;1-7(2)10-5-9(11)6-12(10)8(3)4/h8-12H,5-7H2,1-4H3;9-12H,6-8H2,1-5H3;8-12H,7H2,1-6H3;2*9-12H,6-8H2,1-5H3;2*8-11H,6-7H2,1-5H3;7-10H,5-6H2,1-4H3/t10?,11-;11?,12-;10?,11?,12-;2*11?,12-;2*10?,11-;9?,10-/m00000000/s1. The van der Waals surface area contributed by atoms with E-state index in [1.165, 1.54) is 83.8 Å². The van der Waals surface area contributed by atoms with Crippen LogP contribution < -0.4 is 0 Å². The molecule has 8 aliphatic rings. The predicted octanol–water partition coefficient (Wildman–Crippen LogP) is 23.1. The smallest absolute Gasteiger partial charge is 0.345 e. The fourth-order valence-electron chi connectivity index (χ4n) is 20.3. The molecule has 17 atom stereocenters. The summed E-state index contributed by atoms with van der Waals surface area (Å²) in [7, 11) is 1.81. The SMILES string of the molecule is CC(C)[C@@H]1CC(COC(F)F)CN1C(C)C.CC(C)[C@@H]1CC(F)CN1C(C)C.CC(C)[C@@H]1CCC(C)N1C(C)C.CC1C[C@@H](C(C)C)N(C(C)C)C1.CC1C[C@@H](C(C)C)N(C(C)C)C1C.CCC1CC[C@@H](C(C)C)N1C(C)C.CCC1C[C@@H](C(C)C)N(C(C)C)C1.COCC1C[C@@H](C(C)C)N(C(C)C)C1. The molecule has 0 aromatic rings. The van der Waals surface area contributed by atoms with Crippen LogP contribution in [0.5, 0.6) is 0 Å². The van der Waals surface area contributed by atoms with Crippen LogP contribution in [0.4, 0.5) is 13.2 Å². The zero-order chi connectivity index (χ0) is 81.1. The van der Waals surface area contributed by atoms with Crippen LogP contribution in [0.1, 0.15) is 340 Å². The number of hydrogen-bond acceptors (Lipinski definition) is 10. The molecule has 105 heavy (non-hydrogen) atoms. The largest absolute Gasteiger partial charge is 0.384 e. The van der Waals surface area contributed by atoms with Gasteiger partial charge in [0, 0.05) is 155 Å². The molecule has 0 N–H and O–H groups in total. The summed E-state index contributed by atoms with van der Waals surface area (Å²) in [4.78, 5) is 20.8. The van der Waals surface area contributed by atoms with Crippen molar-refractivity contribution in [2.45, 2.75) is 468 Å². The number of alkyl halides is 3. The Morgan fingerprint density at radius 1 is 0.324 bits per heavy atom. The van der Waals surface area contributed by atoms with Gasteiger partial charge in [0.05, 0.1) is 13.2 Å². The van der Waals surface area contributed by atoms with Crippen LogP contribution in [0.2, 0.25) is 0 Å². The van der Waals surface area contributed by atoms with E-state index in [4.69, 9.17) is 4.74 Å². The fourth-order valence-corrected chi connectivity index (χ4v) is 20.3. The first-order valence-corrected chi connectivity index (χ1v) is 44.8. The molecule has 8 heterocycles. The second-order valence-corrected chi connectivity index (χ2v) is 40.0. The van der Waals surface area contributed by atoms with Gasteiger partial charge in [0.2, 0.25) is 0 Å². The van der Waals surface area contributed by atoms with Crippen molar-refractivity contribution in [2.24, 2.45) is 76.9 Å². The van der Waals surface area contributed by atoms with E-state index in [0.29, 0.717) is 54.6 Å². The van der Waals surface area contributed by atoms with E-state index in [1.807, 2.05) is 7.11 Å². The first-order chi connectivity index (χ1) is 48.6. The van der Waals surface area contributed by atoms with Crippen LogP contribution >= 0.6 is 0 Å². The minimum Gasteiger partial charge on any atom is -0.384 e. The van der Waals surface area contributed by atoms with Gasteiger partial charge in [-0.25, -0.2) is 4.39 Å². The van der Waals surface area contributed by atoms with Crippen LogP contribution in [0.15, 0.2) is 0 Å². The third-order valence-electron chi connectivity index (χ3n) is 26.2. The summed E-state index contributed by atoms with van der Waals surface area (Å²) >= 11 is 0. The minimum absolute atomic E-state index is 0.185. The molecule has 8 fully saturated rings. The quantitative estimate of drug-likeness (QED) is 0.0989. The highest BCUT2D eigenvalue weighted by atomic mass is 19.3. The Morgan fingerprint density at radius 2 is 0.657 bits per heavy atom. The lowest BCUT2D eigenvalue weighted by Crippen LogP contribution is -2.43. The second-order valence-electron chi connectivity index (χ2n) is 40.0. The molecule has 10 nitrogen and oxygen atoms in total. The summed E-state index contributed by atoms with van der Waals surface area (Å²) in [5, 5.41) is 0. The maximum atomic E-state index is 13.1. The zero-order valence-electron chi connectivity index (χ0n) is 77.6. The molecule has 8 saturated heterocycles. The Kier molecular flexibility index (Phi) is 49.3. The lowest BCUT2D eigenvalue weighted by Gasteiger charge is -2.35. The van der Waals surface area contributed by atoms with E-state index in [0.717, 1.165) is 164 Å². The van der Waals surface area contributed by atoms with Crippen LogP contribution in [0.25, 0.3) is 0 Å². The van der Waals surface area contributed by atoms with Gasteiger partial charge in [0.25, 0.3) is 0 Å². The lowest BCUT2D eigenvalue weighted by molar-refractivity contribution is -0.137. The Bertz CT molecular complexity index is 2020. The number of likely N-dealkylation sites (tertiary alicyclic amines) is 8. The van der Waals surface area contributed by atoms with Gasteiger partial charge in [0.1, 0.15) is 6.17 Å². The van der Waals surface area contributed by atoms with Gasteiger partial charge >= 0.3 is 6.61 Å². The molecule has 0 aromatic carbocycles. The molecule has 0 bridgehead atoms. The molecule has 0 radical (unpaired) electrons. The number of ether oxygens (including phenoxy) is 2. The monoisotopic (exact) mass is 1500 g/mol. The van der Waals surface area contributed by atoms with E-state index in [9.17, 15) is 13.2 Å². The third-order valence-corrected chi connectivity index (χ3v) is 26.2. The highest BCUT2D eigenvalue weighted by Crippen LogP contribution is 2.38. The van der Waals surface area contributed by atoms with Gasteiger partial charge in [-0.2, -0.15) is 8.78 Å². The number of hydrogen-bond donors (Lipinski definition) is 0. The van der Waals surface area contributed by atoms with Crippen LogP contribution in [0.3, 0.4) is 0 Å². The van der Waals surface area contributed by atoms with E-state index in [2.05, 4.69) is 307 Å².